The van der Waals surface area contributed by atoms with Gasteiger partial charge >= 0.3 is 5.97 Å². The van der Waals surface area contributed by atoms with E-state index in [0.717, 1.165) is 6.07 Å². The van der Waals surface area contributed by atoms with Crippen LogP contribution in [0.2, 0.25) is 0 Å². The van der Waals surface area contributed by atoms with Gasteiger partial charge in [0.05, 0.1) is 17.6 Å². The van der Waals surface area contributed by atoms with Gasteiger partial charge in [0.15, 0.2) is 18.3 Å². The number of hydrogen-bond acceptors (Lipinski definition) is 8. The molecule has 4 rings (SSSR count). The lowest BCUT2D eigenvalue weighted by Gasteiger charge is -2.33. The van der Waals surface area contributed by atoms with Crippen molar-refractivity contribution in [1.82, 2.24) is 4.68 Å². The first kappa shape index (κ1) is 19.0. The van der Waals surface area contributed by atoms with Crippen LogP contribution in [0, 0.1) is 11.7 Å². The summed E-state index contributed by atoms with van der Waals surface area (Å²) in [7, 11) is 3.10. The van der Waals surface area contributed by atoms with E-state index >= 15 is 4.39 Å². The zero-order valence-electron chi connectivity index (χ0n) is 15.9. The summed E-state index contributed by atoms with van der Waals surface area (Å²) in [6.45, 7) is 1.07. The molecular weight excluding hydrogens is 385 g/mol. The fourth-order valence-electron chi connectivity index (χ4n) is 3.83. The molecule has 29 heavy (non-hydrogen) atoms. The number of anilines is 1. The molecule has 0 spiro atoms. The number of oxime groups is 1. The molecule has 2 aliphatic rings. The lowest BCUT2D eigenvalue weighted by Crippen LogP contribution is -2.40. The Morgan fingerprint density at radius 1 is 1.52 bits per heavy atom. The highest BCUT2D eigenvalue weighted by molar-refractivity contribution is 5.99. The highest BCUT2D eigenvalue weighted by Crippen LogP contribution is 2.41. The number of aromatic carboxylic acids is 1. The van der Waals surface area contributed by atoms with Crippen LogP contribution in [0.4, 0.5) is 10.1 Å². The number of hydrogen-bond donors (Lipinski definition) is 2. The summed E-state index contributed by atoms with van der Waals surface area (Å²) in [6.07, 6.45) is 1.23. The molecule has 0 amide bonds. The third-order valence-electron chi connectivity index (χ3n) is 5.22. The monoisotopic (exact) mass is 405 g/mol. The molecule has 2 aliphatic heterocycles. The Kier molecular flexibility index (Phi) is 4.53. The highest BCUT2D eigenvalue weighted by atomic mass is 19.1. The molecule has 11 heteroatoms. The van der Waals surface area contributed by atoms with E-state index in [1.165, 1.54) is 18.0 Å². The minimum absolute atomic E-state index is 0.0493. The van der Waals surface area contributed by atoms with Crippen LogP contribution < -0.4 is 25.8 Å². The molecule has 1 fully saturated rings. The number of rotatable bonds is 4. The molecule has 1 unspecified atom stereocenters. The molecule has 1 saturated heterocycles. The van der Waals surface area contributed by atoms with Gasteiger partial charge in [-0.05, 0) is 6.07 Å². The summed E-state index contributed by atoms with van der Waals surface area (Å²) < 4.78 is 22.5. The smallest absolute Gasteiger partial charge is 0.341 e. The number of ether oxygens (including phenoxy) is 1. The van der Waals surface area contributed by atoms with Crippen molar-refractivity contribution in [2.45, 2.75) is 0 Å². The van der Waals surface area contributed by atoms with Crippen LogP contribution in [-0.4, -0.2) is 62.0 Å². The van der Waals surface area contributed by atoms with Gasteiger partial charge < -0.3 is 25.3 Å². The SMILES string of the molecule is CO/N=C1/CN(c2c(F)cc3c(=O)c(C(=O)O)cn4c3c2OCN4C)CC1CN. The van der Waals surface area contributed by atoms with Gasteiger partial charge in [0.25, 0.3) is 0 Å². The van der Waals surface area contributed by atoms with Gasteiger partial charge in [0.1, 0.15) is 23.9 Å². The topological polar surface area (TPSA) is 123 Å². The second-order valence-corrected chi connectivity index (χ2v) is 6.96. The second kappa shape index (κ2) is 6.92. The molecule has 154 valence electrons. The zero-order valence-corrected chi connectivity index (χ0v) is 15.9. The molecular formula is C18H20FN5O5. The lowest BCUT2D eigenvalue weighted by atomic mass is 10.1. The van der Waals surface area contributed by atoms with Gasteiger partial charge in [0, 0.05) is 32.3 Å². The van der Waals surface area contributed by atoms with E-state index in [4.69, 9.17) is 15.3 Å². The van der Waals surface area contributed by atoms with E-state index in [9.17, 15) is 14.7 Å². The Morgan fingerprint density at radius 2 is 2.28 bits per heavy atom. The first-order valence-electron chi connectivity index (χ1n) is 8.91. The largest absolute Gasteiger partial charge is 0.477 e. The Bertz CT molecular complexity index is 1100. The maximum absolute atomic E-state index is 15.2. The number of pyridine rings is 1. The zero-order chi connectivity index (χ0) is 20.9. The van der Waals surface area contributed by atoms with Gasteiger partial charge in [-0.3, -0.25) is 14.5 Å². The van der Waals surface area contributed by atoms with Crippen molar-refractivity contribution in [2.75, 3.05) is 50.4 Å². The number of carboxylic acids is 1. The van der Waals surface area contributed by atoms with Crippen molar-refractivity contribution in [2.24, 2.45) is 16.8 Å². The van der Waals surface area contributed by atoms with Crippen LogP contribution in [0.3, 0.4) is 0 Å². The molecule has 2 aromatic rings. The minimum Gasteiger partial charge on any atom is -0.477 e. The van der Waals surface area contributed by atoms with Gasteiger partial charge in [-0.15, -0.1) is 0 Å². The normalized spacial score (nSPS) is 19.7. The van der Waals surface area contributed by atoms with E-state index in [2.05, 4.69) is 5.16 Å². The lowest BCUT2D eigenvalue weighted by molar-refractivity contribution is 0.0694. The first-order valence-corrected chi connectivity index (χ1v) is 8.91. The fraction of sp³-hybridized carbons (Fsp3) is 0.389. The van der Waals surface area contributed by atoms with E-state index in [-0.39, 0.29) is 29.5 Å². The number of nitrogens with two attached hydrogens (primary N) is 1. The van der Waals surface area contributed by atoms with Crippen molar-refractivity contribution in [3.63, 3.8) is 0 Å². The summed E-state index contributed by atoms with van der Waals surface area (Å²) in [6, 6.07) is 1.06. The van der Waals surface area contributed by atoms with Crippen LogP contribution >= 0.6 is 0 Å². The summed E-state index contributed by atoms with van der Waals surface area (Å²) in [5, 5.41) is 14.9. The van der Waals surface area contributed by atoms with Crippen molar-refractivity contribution in [3.05, 3.63) is 33.9 Å². The van der Waals surface area contributed by atoms with E-state index < -0.39 is 22.8 Å². The predicted molar refractivity (Wildman–Crippen MR) is 104 cm³/mol. The summed E-state index contributed by atoms with van der Waals surface area (Å²) in [5.41, 5.74) is 5.79. The number of aromatic nitrogens is 1. The van der Waals surface area contributed by atoms with E-state index in [1.54, 1.807) is 17.0 Å². The Morgan fingerprint density at radius 3 is 2.93 bits per heavy atom. The number of halogens is 1. The third kappa shape index (κ3) is 2.85. The fourth-order valence-corrected chi connectivity index (χ4v) is 3.83. The molecule has 10 nitrogen and oxygen atoms in total. The minimum atomic E-state index is -1.38. The second-order valence-electron chi connectivity index (χ2n) is 6.96. The summed E-state index contributed by atoms with van der Waals surface area (Å²) in [5.74, 6) is -1.99. The first-order chi connectivity index (χ1) is 13.9. The van der Waals surface area contributed by atoms with Crippen molar-refractivity contribution < 1.29 is 23.9 Å². The van der Waals surface area contributed by atoms with Crippen molar-refractivity contribution in [3.8, 4) is 5.75 Å². The predicted octanol–water partition coefficient (Wildman–Crippen LogP) is 0.154. The van der Waals surface area contributed by atoms with Crippen LogP contribution in [0.5, 0.6) is 5.75 Å². The average molecular weight is 405 g/mol. The van der Waals surface area contributed by atoms with Gasteiger partial charge in [0.2, 0.25) is 5.43 Å². The Hall–Kier alpha value is -3.34. The third-order valence-corrected chi connectivity index (χ3v) is 5.22. The average Bonchev–Trinajstić information content (AvgIpc) is 3.08. The quantitative estimate of drug-likeness (QED) is 0.690. The molecule has 1 atom stereocenters. The highest BCUT2D eigenvalue weighted by Gasteiger charge is 2.35. The van der Waals surface area contributed by atoms with E-state index in [0.29, 0.717) is 30.9 Å². The molecule has 0 radical (unpaired) electrons. The number of carboxylic acid groups (broad SMARTS) is 1. The molecule has 1 aromatic carbocycles. The number of carbonyl (C=O) groups is 1. The molecule has 3 heterocycles. The van der Waals surface area contributed by atoms with Crippen molar-refractivity contribution in [1.29, 1.82) is 0 Å². The molecule has 1 aromatic heterocycles. The van der Waals surface area contributed by atoms with Gasteiger partial charge in [-0.2, -0.15) is 0 Å². The maximum Gasteiger partial charge on any atom is 0.341 e. The van der Waals surface area contributed by atoms with E-state index in [1.807, 2.05) is 0 Å². The molecule has 0 bridgehead atoms. The molecule has 0 aliphatic carbocycles. The standard InChI is InChI=1S/C18H20FN5O5/c1-22-8-29-17-14-10(16(25)11(18(26)27)6-24(14)22)3-12(19)15(17)23-5-9(4-20)13(7-23)21-28-2/h3,6,9H,4-5,7-8,20H2,1-2H3,(H,26,27)/b21-13-. The van der Waals surface area contributed by atoms with Crippen LogP contribution in [0.15, 0.2) is 22.2 Å². The number of nitrogens with zero attached hydrogens (tertiary/aromatic N) is 4. The Balaban J connectivity index is 1.96. The Labute approximate surface area is 164 Å². The summed E-state index contributed by atoms with van der Waals surface area (Å²) in [4.78, 5) is 30.7. The van der Waals surface area contributed by atoms with Gasteiger partial charge in [-0.25, -0.2) is 9.18 Å². The van der Waals surface area contributed by atoms with Crippen molar-refractivity contribution >= 4 is 28.3 Å². The number of benzene rings is 1. The summed E-state index contributed by atoms with van der Waals surface area (Å²) >= 11 is 0. The van der Waals surface area contributed by atoms with Crippen LogP contribution in [0.1, 0.15) is 10.4 Å². The van der Waals surface area contributed by atoms with Crippen LogP contribution in [-0.2, 0) is 4.84 Å². The maximum atomic E-state index is 15.2. The molecule has 3 N–H and O–H groups in total. The molecule has 0 saturated carbocycles. The van der Waals surface area contributed by atoms with Crippen LogP contribution in [0.25, 0.3) is 10.9 Å². The van der Waals surface area contributed by atoms with Gasteiger partial charge in [-0.1, -0.05) is 5.16 Å².